The molecule has 1 fully saturated rings. The zero-order chi connectivity index (χ0) is 15.3. The van der Waals surface area contributed by atoms with Crippen LogP contribution >= 0.6 is 24.0 Å². The van der Waals surface area contributed by atoms with Crippen molar-refractivity contribution in [3.63, 3.8) is 0 Å². The summed E-state index contributed by atoms with van der Waals surface area (Å²) in [5.41, 5.74) is 6.90. The second-order valence-electron chi connectivity index (χ2n) is 5.93. The number of benzene rings is 1. The first kappa shape index (κ1) is 19.2. The Labute approximate surface area is 149 Å². The van der Waals surface area contributed by atoms with Crippen molar-refractivity contribution < 1.29 is 8.42 Å². The number of aliphatic imine (C=N–C) groups is 1. The number of nitrogens with two attached hydrogens (primary N) is 1. The van der Waals surface area contributed by atoms with Gasteiger partial charge in [-0.25, -0.2) is 8.42 Å². The average molecular weight is 437 g/mol. The number of halogens is 1. The molecule has 0 radical (unpaired) electrons. The average Bonchev–Trinajstić information content (AvgIpc) is 3.16. The van der Waals surface area contributed by atoms with Crippen LogP contribution in [-0.4, -0.2) is 39.5 Å². The Balaban J connectivity index is 0.00000242. The maximum atomic E-state index is 11.4. The third-order valence-electron chi connectivity index (χ3n) is 3.67. The molecule has 0 amide bonds. The van der Waals surface area contributed by atoms with E-state index in [1.54, 1.807) is 0 Å². The fourth-order valence-electron chi connectivity index (χ4n) is 2.37. The Bertz CT molecular complexity index is 598. The van der Waals surface area contributed by atoms with Crippen molar-refractivity contribution in [1.82, 2.24) is 5.32 Å². The molecule has 0 aliphatic heterocycles. The van der Waals surface area contributed by atoms with Crippen molar-refractivity contribution in [3.05, 3.63) is 35.9 Å². The van der Waals surface area contributed by atoms with Gasteiger partial charge >= 0.3 is 0 Å². The number of hydrogen-bond acceptors (Lipinski definition) is 3. The molecule has 1 aromatic rings. The van der Waals surface area contributed by atoms with Crippen LogP contribution in [0.3, 0.4) is 0 Å². The van der Waals surface area contributed by atoms with E-state index in [2.05, 4.69) is 22.4 Å². The van der Waals surface area contributed by atoms with Crippen molar-refractivity contribution in [2.45, 2.75) is 19.3 Å². The summed E-state index contributed by atoms with van der Waals surface area (Å²) in [6, 6.07) is 10.1. The van der Waals surface area contributed by atoms with Crippen molar-refractivity contribution >= 4 is 39.8 Å². The van der Waals surface area contributed by atoms with Gasteiger partial charge in [-0.3, -0.25) is 4.99 Å². The first-order valence-corrected chi connectivity index (χ1v) is 9.20. The summed E-state index contributed by atoms with van der Waals surface area (Å²) < 4.78 is 22.7. The molecule has 1 aromatic carbocycles. The predicted octanol–water partition coefficient (Wildman–Crippen LogP) is 1.58. The number of nitrogens with one attached hydrogen (secondary N) is 1. The minimum atomic E-state index is -2.95. The Morgan fingerprint density at radius 1 is 1.32 bits per heavy atom. The molecule has 0 spiro atoms. The van der Waals surface area contributed by atoms with Gasteiger partial charge < -0.3 is 11.1 Å². The zero-order valence-corrected chi connectivity index (χ0v) is 15.9. The van der Waals surface area contributed by atoms with Crippen LogP contribution in [0.2, 0.25) is 0 Å². The molecule has 3 N–H and O–H groups in total. The number of hydrogen-bond donors (Lipinski definition) is 2. The first-order chi connectivity index (χ1) is 9.89. The Kier molecular flexibility index (Phi) is 7.11. The summed E-state index contributed by atoms with van der Waals surface area (Å²) in [6.07, 6.45) is 3.99. The smallest absolute Gasteiger partial charge is 0.188 e. The summed E-state index contributed by atoms with van der Waals surface area (Å²) in [7, 11) is -2.95. The lowest BCUT2D eigenvalue weighted by Crippen LogP contribution is -2.34. The normalized spacial score (nSPS) is 16.7. The predicted molar refractivity (Wildman–Crippen MR) is 101 cm³/mol. The molecule has 1 aliphatic rings. The molecule has 0 atom stereocenters. The van der Waals surface area contributed by atoms with Crippen molar-refractivity contribution in [3.8, 4) is 0 Å². The highest BCUT2D eigenvalue weighted by Crippen LogP contribution is 2.46. The monoisotopic (exact) mass is 437 g/mol. The molecule has 22 heavy (non-hydrogen) atoms. The van der Waals surface area contributed by atoms with Crippen molar-refractivity contribution in [2.75, 3.05) is 25.1 Å². The van der Waals surface area contributed by atoms with Gasteiger partial charge in [-0.2, -0.15) is 0 Å². The fourth-order valence-corrected chi connectivity index (χ4v) is 3.86. The molecule has 1 saturated carbocycles. The Morgan fingerprint density at radius 2 is 1.95 bits per heavy atom. The molecular weight excluding hydrogens is 413 g/mol. The van der Waals surface area contributed by atoms with Gasteiger partial charge in [0.25, 0.3) is 0 Å². The van der Waals surface area contributed by atoms with Gasteiger partial charge in [-0.1, -0.05) is 30.3 Å². The van der Waals surface area contributed by atoms with E-state index in [4.69, 9.17) is 5.73 Å². The van der Waals surface area contributed by atoms with Crippen LogP contribution in [0.4, 0.5) is 0 Å². The van der Waals surface area contributed by atoms with E-state index in [0.717, 1.165) is 25.8 Å². The van der Waals surface area contributed by atoms with E-state index in [1.807, 2.05) is 18.2 Å². The third-order valence-corrected chi connectivity index (χ3v) is 4.81. The second kappa shape index (κ2) is 8.14. The SMILES string of the molecule is CS(=O)(=O)CC1(CN=C(N)NCCc2ccccc2)CC1.I. The van der Waals surface area contributed by atoms with E-state index in [9.17, 15) is 8.42 Å². The lowest BCUT2D eigenvalue weighted by atomic mass is 10.1. The summed E-state index contributed by atoms with van der Waals surface area (Å²) in [5.74, 6) is 0.603. The van der Waals surface area contributed by atoms with Gasteiger partial charge in [-0.15, -0.1) is 24.0 Å². The van der Waals surface area contributed by atoms with Crippen LogP contribution in [0.1, 0.15) is 18.4 Å². The van der Waals surface area contributed by atoms with Gasteiger partial charge in [0, 0.05) is 24.8 Å². The van der Waals surface area contributed by atoms with E-state index in [-0.39, 0.29) is 35.1 Å². The van der Waals surface area contributed by atoms with Gasteiger partial charge in [-0.05, 0) is 24.8 Å². The highest BCUT2D eigenvalue weighted by Gasteiger charge is 2.45. The van der Waals surface area contributed by atoms with Gasteiger partial charge in [0.2, 0.25) is 0 Å². The van der Waals surface area contributed by atoms with E-state index in [1.165, 1.54) is 11.8 Å². The maximum absolute atomic E-state index is 11.4. The summed E-state index contributed by atoms with van der Waals surface area (Å²) >= 11 is 0. The van der Waals surface area contributed by atoms with Gasteiger partial charge in [0.15, 0.2) is 5.96 Å². The van der Waals surface area contributed by atoms with Crippen molar-refractivity contribution in [1.29, 1.82) is 0 Å². The number of sulfone groups is 1. The van der Waals surface area contributed by atoms with Crippen LogP contribution < -0.4 is 11.1 Å². The molecule has 2 rings (SSSR count). The third kappa shape index (κ3) is 6.95. The van der Waals surface area contributed by atoms with E-state index >= 15 is 0 Å². The summed E-state index contributed by atoms with van der Waals surface area (Å²) in [6.45, 7) is 1.21. The molecule has 0 heterocycles. The second-order valence-corrected chi connectivity index (χ2v) is 8.07. The minimum absolute atomic E-state index is 0. The minimum Gasteiger partial charge on any atom is -0.370 e. The fraction of sp³-hybridized carbons (Fsp3) is 0.533. The highest BCUT2D eigenvalue weighted by molar-refractivity contribution is 14.0. The molecule has 0 bridgehead atoms. The number of rotatable bonds is 7. The van der Waals surface area contributed by atoms with Crippen LogP contribution in [0.5, 0.6) is 0 Å². The Morgan fingerprint density at radius 3 is 2.50 bits per heavy atom. The number of nitrogens with zero attached hydrogens (tertiary/aromatic N) is 1. The quantitative estimate of drug-likeness (QED) is 0.386. The lowest BCUT2D eigenvalue weighted by Gasteiger charge is -2.12. The number of guanidine groups is 1. The standard InChI is InChI=1S/C15H23N3O2S.HI/c1-21(19,20)12-15(8-9-15)11-18-14(16)17-10-7-13-5-3-2-4-6-13;/h2-6H,7-12H2,1H3,(H3,16,17,18);1H. The summed E-state index contributed by atoms with van der Waals surface area (Å²) in [4.78, 5) is 4.29. The largest absolute Gasteiger partial charge is 0.370 e. The molecule has 0 unspecified atom stereocenters. The molecular formula is C15H24IN3O2S. The molecule has 0 saturated heterocycles. The zero-order valence-electron chi connectivity index (χ0n) is 12.8. The molecule has 124 valence electrons. The van der Waals surface area contributed by atoms with E-state index in [0.29, 0.717) is 12.5 Å². The van der Waals surface area contributed by atoms with Crippen LogP contribution in [0.15, 0.2) is 35.3 Å². The van der Waals surface area contributed by atoms with Crippen LogP contribution in [0.25, 0.3) is 0 Å². The highest BCUT2D eigenvalue weighted by atomic mass is 127. The molecule has 1 aliphatic carbocycles. The Hall–Kier alpha value is -0.830. The van der Waals surface area contributed by atoms with Gasteiger partial charge in [0.1, 0.15) is 9.84 Å². The summed E-state index contributed by atoms with van der Waals surface area (Å²) in [5, 5.41) is 3.07. The lowest BCUT2D eigenvalue weighted by molar-refractivity contribution is 0.551. The molecule has 0 aromatic heterocycles. The maximum Gasteiger partial charge on any atom is 0.188 e. The topological polar surface area (TPSA) is 84.5 Å². The van der Waals surface area contributed by atoms with Crippen molar-refractivity contribution in [2.24, 2.45) is 16.1 Å². The first-order valence-electron chi connectivity index (χ1n) is 7.14. The molecule has 7 heteroatoms. The molecule has 5 nitrogen and oxygen atoms in total. The van der Waals surface area contributed by atoms with E-state index < -0.39 is 9.84 Å². The van der Waals surface area contributed by atoms with Crippen LogP contribution in [-0.2, 0) is 16.3 Å². The van der Waals surface area contributed by atoms with Crippen LogP contribution in [0, 0.1) is 5.41 Å². The van der Waals surface area contributed by atoms with Gasteiger partial charge in [0.05, 0.1) is 5.75 Å².